The van der Waals surface area contributed by atoms with E-state index in [0.29, 0.717) is 5.56 Å². The largest absolute Gasteiger partial charge is 0.484 e. The number of carbonyl (C=O) groups excluding carboxylic acids is 2. The molecule has 1 aromatic rings. The van der Waals surface area contributed by atoms with Gasteiger partial charge in [0.25, 0.3) is 11.1 Å². The van der Waals surface area contributed by atoms with Crippen LogP contribution in [0.2, 0.25) is 0 Å². The Hall–Kier alpha value is -1.96. The van der Waals surface area contributed by atoms with Crippen LogP contribution in [0.1, 0.15) is 5.56 Å². The number of benzene rings is 1. The molecule has 1 aliphatic rings. The Morgan fingerprint density at radius 1 is 1.30 bits per heavy atom. The van der Waals surface area contributed by atoms with Gasteiger partial charge in [-0.3, -0.25) is 14.9 Å². The number of thioether (sulfide) groups is 1. The summed E-state index contributed by atoms with van der Waals surface area (Å²) in [6.07, 6.45) is -3.01. The van der Waals surface area contributed by atoms with Crippen LogP contribution in [0, 0.1) is 0 Å². The molecule has 20 heavy (non-hydrogen) atoms. The molecule has 1 aliphatic heterocycles. The summed E-state index contributed by atoms with van der Waals surface area (Å²) in [7, 11) is 0. The lowest BCUT2D eigenvalue weighted by Crippen LogP contribution is -2.19. The summed E-state index contributed by atoms with van der Waals surface area (Å²) in [5.74, 6) is -0.493. The Bertz CT molecular complexity index is 584. The minimum Gasteiger partial charge on any atom is -0.484 e. The molecule has 0 aromatic heterocycles. The lowest BCUT2D eigenvalue weighted by molar-refractivity contribution is -0.153. The van der Waals surface area contributed by atoms with Crippen molar-refractivity contribution in [2.24, 2.45) is 0 Å². The van der Waals surface area contributed by atoms with Gasteiger partial charge in [0.2, 0.25) is 0 Å². The highest BCUT2D eigenvalue weighted by molar-refractivity contribution is 8.18. The maximum atomic E-state index is 12.0. The number of carbonyl (C=O) groups is 2. The van der Waals surface area contributed by atoms with E-state index < -0.39 is 23.9 Å². The molecule has 8 heteroatoms. The molecule has 1 fully saturated rings. The Labute approximate surface area is 116 Å². The molecule has 0 atom stereocenters. The number of amides is 2. The number of rotatable bonds is 3. The summed E-state index contributed by atoms with van der Waals surface area (Å²) in [5.41, 5.74) is 0.469. The van der Waals surface area contributed by atoms with Gasteiger partial charge in [0, 0.05) is 0 Å². The zero-order chi connectivity index (χ0) is 14.8. The third kappa shape index (κ3) is 4.02. The maximum absolute atomic E-state index is 12.0. The van der Waals surface area contributed by atoms with Gasteiger partial charge in [0.1, 0.15) is 5.75 Å². The van der Waals surface area contributed by atoms with E-state index in [0.717, 1.165) is 11.8 Å². The van der Waals surface area contributed by atoms with Crippen molar-refractivity contribution in [1.82, 2.24) is 5.32 Å². The van der Waals surface area contributed by atoms with Crippen molar-refractivity contribution in [3.63, 3.8) is 0 Å². The van der Waals surface area contributed by atoms with Crippen LogP contribution in [0.5, 0.6) is 5.75 Å². The average Bonchev–Trinajstić information content (AvgIpc) is 2.65. The minimum absolute atomic E-state index is 0.0337. The second kappa shape index (κ2) is 5.58. The highest BCUT2D eigenvalue weighted by Crippen LogP contribution is 2.27. The summed E-state index contributed by atoms with van der Waals surface area (Å²) in [4.78, 5) is 22.5. The first-order chi connectivity index (χ1) is 9.33. The van der Waals surface area contributed by atoms with Gasteiger partial charge in [-0.25, -0.2) is 0 Å². The number of hydrogen-bond acceptors (Lipinski definition) is 4. The fourth-order valence-corrected chi connectivity index (χ4v) is 2.11. The van der Waals surface area contributed by atoms with Crippen molar-refractivity contribution in [3.05, 3.63) is 34.7 Å². The van der Waals surface area contributed by atoms with Crippen molar-refractivity contribution < 1.29 is 27.5 Å². The minimum atomic E-state index is -4.41. The van der Waals surface area contributed by atoms with Crippen molar-refractivity contribution in [2.75, 3.05) is 6.61 Å². The van der Waals surface area contributed by atoms with E-state index >= 15 is 0 Å². The topological polar surface area (TPSA) is 55.4 Å². The zero-order valence-corrected chi connectivity index (χ0v) is 10.7. The van der Waals surface area contributed by atoms with Gasteiger partial charge in [0.15, 0.2) is 6.61 Å². The number of ether oxygens (including phenoxy) is 1. The molecule has 0 unspecified atom stereocenters. The number of nitrogens with one attached hydrogen (secondary N) is 1. The molecule has 1 aromatic carbocycles. The summed E-state index contributed by atoms with van der Waals surface area (Å²) in [6, 6.07) is 5.82. The quantitative estimate of drug-likeness (QED) is 0.872. The van der Waals surface area contributed by atoms with Gasteiger partial charge in [0.05, 0.1) is 4.91 Å². The van der Waals surface area contributed by atoms with Crippen LogP contribution in [0.3, 0.4) is 0 Å². The number of alkyl halides is 3. The fraction of sp³-hybridized carbons (Fsp3) is 0.167. The predicted molar refractivity (Wildman–Crippen MR) is 67.1 cm³/mol. The monoisotopic (exact) mass is 303 g/mol. The van der Waals surface area contributed by atoms with Crippen LogP contribution in [0.4, 0.5) is 18.0 Å². The molecule has 4 nitrogen and oxygen atoms in total. The average molecular weight is 303 g/mol. The first kappa shape index (κ1) is 14.4. The lowest BCUT2D eigenvalue weighted by atomic mass is 10.2. The zero-order valence-electron chi connectivity index (χ0n) is 9.86. The van der Waals surface area contributed by atoms with Crippen LogP contribution in [0.15, 0.2) is 29.2 Å². The maximum Gasteiger partial charge on any atom is 0.422 e. The standard InChI is InChI=1S/C12H8F3NO3S/c13-12(14,15)6-19-8-3-1-2-7(4-8)5-9-10(17)16-11(18)20-9/h1-5H,6H2,(H,16,17,18)/b9-5+. The van der Waals surface area contributed by atoms with E-state index in [1.807, 2.05) is 0 Å². The highest BCUT2D eigenvalue weighted by Gasteiger charge is 2.28. The third-order valence-corrected chi connectivity index (χ3v) is 3.01. The second-order valence-corrected chi connectivity index (χ2v) is 4.84. The summed E-state index contributed by atoms with van der Waals surface area (Å²) in [5, 5.41) is 1.60. The molecule has 1 N–H and O–H groups in total. The Morgan fingerprint density at radius 2 is 2.05 bits per heavy atom. The molecule has 1 heterocycles. The molecule has 0 aliphatic carbocycles. The molecular formula is C12H8F3NO3S. The summed E-state index contributed by atoms with van der Waals surface area (Å²) < 4.78 is 40.7. The van der Waals surface area contributed by atoms with E-state index in [1.165, 1.54) is 24.3 Å². The van der Waals surface area contributed by atoms with Crippen molar-refractivity contribution in [1.29, 1.82) is 0 Å². The molecule has 1 saturated heterocycles. The van der Waals surface area contributed by atoms with E-state index in [1.54, 1.807) is 6.07 Å². The molecule has 0 saturated carbocycles. The molecular weight excluding hydrogens is 295 g/mol. The van der Waals surface area contributed by atoms with Gasteiger partial charge in [-0.15, -0.1) is 0 Å². The Kier molecular flexibility index (Phi) is 4.03. The van der Waals surface area contributed by atoms with Crippen molar-refractivity contribution >= 4 is 29.0 Å². The SMILES string of the molecule is O=C1NC(=O)/C(=C\c2cccc(OCC(F)(F)F)c2)S1. The van der Waals surface area contributed by atoms with E-state index in [-0.39, 0.29) is 10.7 Å². The van der Waals surface area contributed by atoms with Gasteiger partial charge < -0.3 is 4.74 Å². The summed E-state index contributed by atoms with van der Waals surface area (Å²) in [6.45, 7) is -1.39. The van der Waals surface area contributed by atoms with Gasteiger partial charge in [-0.2, -0.15) is 13.2 Å². The summed E-state index contributed by atoms with van der Waals surface area (Å²) >= 11 is 0.733. The van der Waals surface area contributed by atoms with Gasteiger partial charge in [-0.1, -0.05) is 12.1 Å². The van der Waals surface area contributed by atoms with Crippen LogP contribution >= 0.6 is 11.8 Å². The molecule has 0 bridgehead atoms. The van der Waals surface area contributed by atoms with E-state index in [4.69, 9.17) is 0 Å². The molecule has 0 spiro atoms. The number of imide groups is 1. The van der Waals surface area contributed by atoms with Crippen LogP contribution < -0.4 is 10.1 Å². The smallest absolute Gasteiger partial charge is 0.422 e. The van der Waals surface area contributed by atoms with Gasteiger partial charge in [-0.05, 0) is 35.5 Å². The molecule has 0 radical (unpaired) electrons. The second-order valence-electron chi connectivity index (χ2n) is 3.83. The molecule has 106 valence electrons. The predicted octanol–water partition coefficient (Wildman–Crippen LogP) is 2.95. The van der Waals surface area contributed by atoms with Crippen LogP contribution in [-0.4, -0.2) is 23.9 Å². The Balaban J connectivity index is 2.12. The first-order valence-corrected chi connectivity index (χ1v) is 6.20. The van der Waals surface area contributed by atoms with Crippen molar-refractivity contribution in [3.8, 4) is 5.75 Å². The van der Waals surface area contributed by atoms with E-state index in [9.17, 15) is 22.8 Å². The third-order valence-electron chi connectivity index (χ3n) is 2.20. The molecule has 2 rings (SSSR count). The molecule has 2 amide bonds. The first-order valence-electron chi connectivity index (χ1n) is 5.38. The number of hydrogen-bond donors (Lipinski definition) is 1. The normalized spacial score (nSPS) is 17.4. The number of halogens is 3. The van der Waals surface area contributed by atoms with Gasteiger partial charge >= 0.3 is 6.18 Å². The van der Waals surface area contributed by atoms with E-state index in [2.05, 4.69) is 10.1 Å². The van der Waals surface area contributed by atoms with Crippen LogP contribution in [-0.2, 0) is 4.79 Å². The highest BCUT2D eigenvalue weighted by atomic mass is 32.2. The van der Waals surface area contributed by atoms with Crippen molar-refractivity contribution in [2.45, 2.75) is 6.18 Å². The Morgan fingerprint density at radius 3 is 2.65 bits per heavy atom. The van der Waals surface area contributed by atoms with Crippen LogP contribution in [0.25, 0.3) is 6.08 Å². The fourth-order valence-electron chi connectivity index (χ4n) is 1.43. The lowest BCUT2D eigenvalue weighted by Gasteiger charge is -2.09.